The molecule has 2 heterocycles. The maximum Gasteiger partial charge on any atom is 0.343 e. The largest absolute Gasteiger partial charge is 0.479 e. The molecule has 1 N–H and O–H groups in total. The topological polar surface area (TPSA) is 83.4 Å². The Bertz CT molecular complexity index is 736. The predicted octanol–water partition coefficient (Wildman–Crippen LogP) is 1.27. The molecule has 21 heavy (non-hydrogen) atoms. The van der Waals surface area contributed by atoms with Gasteiger partial charge >= 0.3 is 5.97 Å². The fourth-order valence-corrected chi connectivity index (χ4v) is 2.34. The first-order valence-corrected chi connectivity index (χ1v) is 6.43. The molecule has 1 aliphatic heterocycles. The number of carbonyl (C=O) groups excluding carboxylic acids is 1. The number of fused-ring (bicyclic) bond motifs is 1. The summed E-state index contributed by atoms with van der Waals surface area (Å²) in [6.45, 7) is -0.411. The van der Waals surface area contributed by atoms with E-state index < -0.39 is 24.1 Å². The van der Waals surface area contributed by atoms with Crippen molar-refractivity contribution < 1.29 is 19.1 Å². The third-order valence-electron chi connectivity index (χ3n) is 3.56. The second-order valence-corrected chi connectivity index (χ2v) is 4.99. The van der Waals surface area contributed by atoms with Crippen molar-refractivity contribution in [2.24, 2.45) is 0 Å². The lowest BCUT2D eigenvalue weighted by atomic mass is 10.1. The van der Waals surface area contributed by atoms with Crippen molar-refractivity contribution in [1.29, 1.82) is 0 Å². The van der Waals surface area contributed by atoms with Gasteiger partial charge in [-0.05, 0) is 12.1 Å². The van der Waals surface area contributed by atoms with Crippen LogP contribution in [0.5, 0.6) is 0 Å². The summed E-state index contributed by atoms with van der Waals surface area (Å²) in [5, 5.41) is 8.84. The van der Waals surface area contributed by atoms with Crippen molar-refractivity contribution in [3.05, 3.63) is 36.2 Å². The van der Waals surface area contributed by atoms with Gasteiger partial charge in [-0.2, -0.15) is 0 Å². The van der Waals surface area contributed by atoms with Crippen molar-refractivity contribution in [3.63, 3.8) is 0 Å². The zero-order valence-corrected chi connectivity index (χ0v) is 11.0. The molecule has 1 amide bonds. The molecule has 0 bridgehead atoms. The van der Waals surface area contributed by atoms with Crippen molar-refractivity contribution in [2.75, 3.05) is 13.1 Å². The van der Waals surface area contributed by atoms with Gasteiger partial charge in [0.1, 0.15) is 5.69 Å². The number of alkyl halides is 1. The van der Waals surface area contributed by atoms with Crippen LogP contribution in [0.15, 0.2) is 30.5 Å². The maximum absolute atomic E-state index is 14.0. The summed E-state index contributed by atoms with van der Waals surface area (Å²) in [5.74, 6) is -2.04. The molecule has 1 aromatic heterocycles. The zero-order valence-electron chi connectivity index (χ0n) is 11.0. The fourth-order valence-electron chi connectivity index (χ4n) is 2.34. The number of aromatic nitrogens is 2. The average molecular weight is 289 g/mol. The highest BCUT2D eigenvalue weighted by molar-refractivity contribution is 5.94. The molecular weight excluding hydrogens is 277 g/mol. The predicted molar refractivity (Wildman–Crippen MR) is 71.5 cm³/mol. The van der Waals surface area contributed by atoms with Gasteiger partial charge in [0, 0.05) is 13.0 Å². The van der Waals surface area contributed by atoms with E-state index in [9.17, 15) is 14.0 Å². The van der Waals surface area contributed by atoms with Gasteiger partial charge in [0.2, 0.25) is 5.67 Å². The Balaban J connectivity index is 1.86. The maximum atomic E-state index is 14.0. The average Bonchev–Trinajstić information content (AvgIpc) is 2.90. The van der Waals surface area contributed by atoms with Gasteiger partial charge in [-0.15, -0.1) is 0 Å². The van der Waals surface area contributed by atoms with E-state index in [0.717, 1.165) is 4.90 Å². The second-order valence-electron chi connectivity index (χ2n) is 4.99. The molecule has 0 radical (unpaired) electrons. The number of carboxylic acid groups (broad SMARTS) is 1. The molecule has 1 saturated heterocycles. The summed E-state index contributed by atoms with van der Waals surface area (Å²) in [5.41, 5.74) is -1.07. The summed E-state index contributed by atoms with van der Waals surface area (Å²) in [7, 11) is 0. The van der Waals surface area contributed by atoms with Gasteiger partial charge in [0.05, 0.1) is 23.8 Å². The van der Waals surface area contributed by atoms with Crippen molar-refractivity contribution in [3.8, 4) is 0 Å². The van der Waals surface area contributed by atoms with E-state index in [4.69, 9.17) is 5.11 Å². The summed E-state index contributed by atoms with van der Waals surface area (Å²) in [6.07, 6.45) is 1.11. The number of likely N-dealkylation sites (tertiary alicyclic amines) is 1. The quantitative estimate of drug-likeness (QED) is 0.900. The molecule has 6 nitrogen and oxygen atoms in total. The minimum atomic E-state index is -2.38. The van der Waals surface area contributed by atoms with Gasteiger partial charge in [0.15, 0.2) is 0 Å². The molecule has 108 valence electrons. The minimum Gasteiger partial charge on any atom is -0.479 e. The number of carbonyl (C=O) groups is 2. The van der Waals surface area contributed by atoms with Crippen LogP contribution in [0, 0.1) is 0 Å². The molecule has 0 spiro atoms. The Labute approximate surface area is 119 Å². The monoisotopic (exact) mass is 289 g/mol. The van der Waals surface area contributed by atoms with E-state index in [-0.39, 0.29) is 18.7 Å². The van der Waals surface area contributed by atoms with Crippen LogP contribution in [0.2, 0.25) is 0 Å². The van der Waals surface area contributed by atoms with Gasteiger partial charge in [0.25, 0.3) is 5.91 Å². The smallest absolute Gasteiger partial charge is 0.343 e. The summed E-state index contributed by atoms with van der Waals surface area (Å²) < 4.78 is 14.0. The van der Waals surface area contributed by atoms with Crippen LogP contribution >= 0.6 is 0 Å². The van der Waals surface area contributed by atoms with Crippen molar-refractivity contribution in [2.45, 2.75) is 12.1 Å². The van der Waals surface area contributed by atoms with E-state index in [1.54, 1.807) is 18.2 Å². The highest BCUT2D eigenvalue weighted by Crippen LogP contribution is 2.27. The van der Waals surface area contributed by atoms with Gasteiger partial charge in [-0.3, -0.25) is 9.78 Å². The molecule has 0 aliphatic carbocycles. The number of amides is 1. The lowest BCUT2D eigenvalue weighted by Crippen LogP contribution is -2.39. The standard InChI is InChI=1S/C14H12FN3O3/c15-14(13(20)21)5-6-18(8-14)12(19)11-7-16-9-3-1-2-4-10(9)17-11/h1-4,7H,5-6,8H2,(H,20,21). The van der Waals surface area contributed by atoms with Gasteiger partial charge < -0.3 is 10.0 Å². The number of halogens is 1. The Morgan fingerprint density at radius 2 is 2.00 bits per heavy atom. The van der Waals surface area contributed by atoms with Crippen molar-refractivity contribution in [1.82, 2.24) is 14.9 Å². The lowest BCUT2D eigenvalue weighted by molar-refractivity contribution is -0.149. The first-order valence-electron chi connectivity index (χ1n) is 6.43. The normalized spacial score (nSPS) is 21.7. The highest BCUT2D eigenvalue weighted by atomic mass is 19.1. The van der Waals surface area contributed by atoms with Crippen LogP contribution in [0.3, 0.4) is 0 Å². The molecule has 3 rings (SSSR count). The van der Waals surface area contributed by atoms with E-state index in [1.807, 2.05) is 6.07 Å². The van der Waals surface area contributed by atoms with Crippen LogP contribution in [0.1, 0.15) is 16.9 Å². The summed E-state index contributed by atoms with van der Waals surface area (Å²) >= 11 is 0. The van der Waals surface area contributed by atoms with Crippen molar-refractivity contribution >= 4 is 22.9 Å². The third kappa shape index (κ3) is 2.31. The Morgan fingerprint density at radius 1 is 1.29 bits per heavy atom. The van der Waals surface area contributed by atoms with Crippen LogP contribution in [-0.2, 0) is 4.79 Å². The van der Waals surface area contributed by atoms with E-state index in [0.29, 0.717) is 11.0 Å². The Kier molecular flexibility index (Phi) is 3.04. The van der Waals surface area contributed by atoms with E-state index in [1.165, 1.54) is 6.20 Å². The minimum absolute atomic E-state index is 0.0517. The van der Waals surface area contributed by atoms with Crippen LogP contribution < -0.4 is 0 Å². The van der Waals surface area contributed by atoms with Gasteiger partial charge in [-0.1, -0.05) is 12.1 Å². The van der Waals surface area contributed by atoms with Crippen LogP contribution in [0.4, 0.5) is 4.39 Å². The molecule has 1 atom stereocenters. The number of nitrogens with zero attached hydrogens (tertiary/aromatic N) is 3. The lowest BCUT2D eigenvalue weighted by Gasteiger charge is -2.17. The molecule has 1 aliphatic rings. The molecule has 1 aromatic carbocycles. The molecule has 2 aromatic rings. The zero-order chi connectivity index (χ0) is 15.0. The number of para-hydroxylation sites is 2. The number of carboxylic acids is 1. The molecule has 0 saturated carbocycles. The molecular formula is C14H12FN3O3. The molecule has 1 fully saturated rings. The first-order chi connectivity index (χ1) is 9.99. The summed E-state index contributed by atoms with van der Waals surface area (Å²) in [4.78, 5) is 32.6. The second kappa shape index (κ2) is 4.76. The third-order valence-corrected chi connectivity index (χ3v) is 3.56. The summed E-state index contributed by atoms with van der Waals surface area (Å²) in [6, 6.07) is 7.07. The Morgan fingerprint density at radius 3 is 2.67 bits per heavy atom. The van der Waals surface area contributed by atoms with Gasteiger partial charge in [-0.25, -0.2) is 14.2 Å². The number of hydrogen-bond acceptors (Lipinski definition) is 4. The van der Waals surface area contributed by atoms with E-state index >= 15 is 0 Å². The number of hydrogen-bond donors (Lipinski definition) is 1. The Hall–Kier alpha value is -2.57. The fraction of sp³-hybridized carbons (Fsp3) is 0.286. The molecule has 1 unspecified atom stereocenters. The first kappa shape index (κ1) is 13.4. The highest BCUT2D eigenvalue weighted by Gasteiger charge is 2.47. The number of benzene rings is 1. The van der Waals surface area contributed by atoms with Crippen LogP contribution in [0.25, 0.3) is 11.0 Å². The SMILES string of the molecule is O=C(c1cnc2ccccc2n1)N1CCC(F)(C(=O)O)C1. The number of aliphatic carboxylic acids is 1. The number of rotatable bonds is 2. The van der Waals surface area contributed by atoms with E-state index in [2.05, 4.69) is 9.97 Å². The molecule has 7 heteroatoms. The van der Waals surface area contributed by atoms with Crippen LogP contribution in [-0.4, -0.2) is 50.6 Å².